The topological polar surface area (TPSA) is 35.2 Å². The van der Waals surface area contributed by atoms with E-state index in [4.69, 9.17) is 22.1 Å². The highest BCUT2D eigenvalue weighted by Crippen LogP contribution is 2.40. The van der Waals surface area contributed by atoms with Crippen LogP contribution in [0.25, 0.3) is 0 Å². The number of hydrogen-bond donors (Lipinski definition) is 1. The average Bonchev–Trinajstić information content (AvgIpc) is 2.16. The Hall–Kier alpha value is -0.650. The summed E-state index contributed by atoms with van der Waals surface area (Å²) in [6, 6.07) is 3.72. The van der Waals surface area contributed by atoms with E-state index in [0.717, 1.165) is 6.07 Å². The molecule has 0 bridgehead atoms. The SMILES string of the molecule is Cl.NC1CC(Oc2cccc(C(F)(F)F)c2Cl)C1. The van der Waals surface area contributed by atoms with E-state index in [2.05, 4.69) is 0 Å². The molecule has 0 unspecified atom stereocenters. The lowest BCUT2D eigenvalue weighted by molar-refractivity contribution is -0.137. The van der Waals surface area contributed by atoms with Crippen LogP contribution in [-0.4, -0.2) is 12.1 Å². The van der Waals surface area contributed by atoms with Crippen LogP contribution in [0, 0.1) is 0 Å². The predicted molar refractivity (Wildman–Crippen MR) is 65.3 cm³/mol. The van der Waals surface area contributed by atoms with Crippen molar-refractivity contribution in [2.24, 2.45) is 5.73 Å². The standard InChI is InChI=1S/C11H11ClF3NO.ClH/c12-10-8(11(13,14)15)2-1-3-9(10)17-7-4-6(16)5-7;/h1-3,6-7H,4-5,16H2;1H. The van der Waals surface area contributed by atoms with Crippen LogP contribution in [0.2, 0.25) is 5.02 Å². The van der Waals surface area contributed by atoms with Crippen LogP contribution < -0.4 is 10.5 Å². The van der Waals surface area contributed by atoms with Gasteiger partial charge in [0, 0.05) is 6.04 Å². The maximum absolute atomic E-state index is 12.6. The fraction of sp³-hybridized carbons (Fsp3) is 0.455. The van der Waals surface area contributed by atoms with Gasteiger partial charge in [-0.25, -0.2) is 0 Å². The van der Waals surface area contributed by atoms with Gasteiger partial charge >= 0.3 is 6.18 Å². The van der Waals surface area contributed by atoms with Gasteiger partial charge in [-0.3, -0.25) is 0 Å². The zero-order valence-corrected chi connectivity index (χ0v) is 10.8. The Morgan fingerprint density at radius 3 is 2.39 bits per heavy atom. The molecule has 1 aromatic rings. The first-order chi connectivity index (χ1) is 7.88. The molecule has 2 nitrogen and oxygen atoms in total. The molecule has 0 amide bonds. The van der Waals surface area contributed by atoms with Crippen molar-refractivity contribution in [2.45, 2.75) is 31.2 Å². The zero-order chi connectivity index (χ0) is 12.6. The predicted octanol–water partition coefficient (Wildman–Crippen LogP) is 3.65. The molecule has 0 atom stereocenters. The number of benzene rings is 1. The summed E-state index contributed by atoms with van der Waals surface area (Å²) >= 11 is 5.68. The largest absolute Gasteiger partial charge is 0.489 e. The van der Waals surface area contributed by atoms with Crippen molar-refractivity contribution in [3.63, 3.8) is 0 Å². The molecular weight excluding hydrogens is 290 g/mol. The Bertz CT molecular complexity index is 419. The van der Waals surface area contributed by atoms with E-state index >= 15 is 0 Å². The Labute approximate surface area is 114 Å². The van der Waals surface area contributed by atoms with Crippen molar-refractivity contribution in [1.29, 1.82) is 0 Å². The first-order valence-electron chi connectivity index (χ1n) is 5.16. The highest BCUT2D eigenvalue weighted by atomic mass is 35.5. The molecule has 7 heteroatoms. The molecule has 1 aliphatic rings. The van der Waals surface area contributed by atoms with Crippen LogP contribution in [0.3, 0.4) is 0 Å². The van der Waals surface area contributed by atoms with Gasteiger partial charge in [-0.15, -0.1) is 12.4 Å². The van der Waals surface area contributed by atoms with Crippen LogP contribution >= 0.6 is 24.0 Å². The van der Waals surface area contributed by atoms with Crippen LogP contribution in [0.15, 0.2) is 18.2 Å². The number of rotatable bonds is 2. The van der Waals surface area contributed by atoms with E-state index in [1.54, 1.807) is 0 Å². The summed E-state index contributed by atoms with van der Waals surface area (Å²) in [5, 5.41) is -0.388. The average molecular weight is 302 g/mol. The fourth-order valence-corrected chi connectivity index (χ4v) is 1.98. The summed E-state index contributed by atoms with van der Waals surface area (Å²) < 4.78 is 43.1. The van der Waals surface area contributed by atoms with Crippen molar-refractivity contribution >= 4 is 24.0 Å². The smallest absolute Gasteiger partial charge is 0.417 e. The quantitative estimate of drug-likeness (QED) is 0.905. The Kier molecular flexibility index (Phi) is 4.75. The van der Waals surface area contributed by atoms with Crippen LogP contribution in [0.4, 0.5) is 13.2 Å². The van der Waals surface area contributed by atoms with E-state index in [9.17, 15) is 13.2 Å². The molecular formula is C11H12Cl2F3NO. The maximum atomic E-state index is 12.6. The lowest BCUT2D eigenvalue weighted by Crippen LogP contribution is -2.43. The summed E-state index contributed by atoms with van der Waals surface area (Å²) in [6.07, 6.45) is -3.31. The fourth-order valence-electron chi connectivity index (χ4n) is 1.70. The minimum Gasteiger partial charge on any atom is -0.489 e. The van der Waals surface area contributed by atoms with E-state index < -0.39 is 11.7 Å². The molecule has 0 radical (unpaired) electrons. The second-order valence-electron chi connectivity index (χ2n) is 4.09. The van der Waals surface area contributed by atoms with Gasteiger partial charge < -0.3 is 10.5 Å². The van der Waals surface area contributed by atoms with Crippen molar-refractivity contribution in [3.05, 3.63) is 28.8 Å². The molecule has 1 fully saturated rings. The molecule has 102 valence electrons. The monoisotopic (exact) mass is 301 g/mol. The highest BCUT2D eigenvalue weighted by Gasteiger charge is 2.35. The van der Waals surface area contributed by atoms with Crippen LogP contribution in [0.5, 0.6) is 5.75 Å². The number of halogens is 5. The first-order valence-corrected chi connectivity index (χ1v) is 5.53. The molecule has 1 saturated carbocycles. The molecule has 18 heavy (non-hydrogen) atoms. The molecule has 0 aromatic heterocycles. The van der Waals surface area contributed by atoms with Crippen molar-refractivity contribution < 1.29 is 17.9 Å². The van der Waals surface area contributed by atoms with Crippen molar-refractivity contribution in [3.8, 4) is 5.75 Å². The van der Waals surface area contributed by atoms with Crippen molar-refractivity contribution in [2.75, 3.05) is 0 Å². The molecule has 0 heterocycles. The zero-order valence-electron chi connectivity index (χ0n) is 9.21. The molecule has 1 aliphatic carbocycles. The van der Waals surface area contributed by atoms with Crippen LogP contribution in [-0.2, 0) is 6.18 Å². The summed E-state index contributed by atoms with van der Waals surface area (Å²) in [5.41, 5.74) is 4.69. The Morgan fingerprint density at radius 2 is 1.89 bits per heavy atom. The molecule has 1 aromatic carbocycles. The molecule has 0 aliphatic heterocycles. The lowest BCUT2D eigenvalue weighted by atomic mass is 9.90. The van der Waals surface area contributed by atoms with Gasteiger partial charge in [-0.2, -0.15) is 13.2 Å². The summed E-state index contributed by atoms with van der Waals surface area (Å²) in [7, 11) is 0. The van der Waals surface area contributed by atoms with Gasteiger partial charge in [0.25, 0.3) is 0 Å². The number of hydrogen-bond acceptors (Lipinski definition) is 2. The van der Waals surface area contributed by atoms with Gasteiger partial charge in [0.05, 0.1) is 10.6 Å². The summed E-state index contributed by atoms with van der Waals surface area (Å²) in [5.74, 6) is 0.0680. The Morgan fingerprint density at radius 1 is 1.28 bits per heavy atom. The second kappa shape index (κ2) is 5.55. The second-order valence-corrected chi connectivity index (χ2v) is 4.46. The Balaban J connectivity index is 0.00000162. The van der Waals surface area contributed by atoms with Gasteiger partial charge in [0.2, 0.25) is 0 Å². The van der Waals surface area contributed by atoms with Gasteiger partial charge in [-0.05, 0) is 25.0 Å². The third kappa shape index (κ3) is 3.22. The highest BCUT2D eigenvalue weighted by molar-refractivity contribution is 6.32. The number of alkyl halides is 3. The minimum atomic E-state index is -4.47. The minimum absolute atomic E-state index is 0. The molecule has 2 rings (SSSR count). The third-order valence-corrected chi connectivity index (χ3v) is 3.08. The van der Waals surface area contributed by atoms with Gasteiger partial charge in [-0.1, -0.05) is 17.7 Å². The maximum Gasteiger partial charge on any atom is 0.417 e. The van der Waals surface area contributed by atoms with E-state index in [-0.39, 0.29) is 35.3 Å². The van der Waals surface area contributed by atoms with E-state index in [1.807, 2.05) is 0 Å². The van der Waals surface area contributed by atoms with Gasteiger partial charge in [0.15, 0.2) is 0 Å². The molecule has 0 saturated heterocycles. The van der Waals surface area contributed by atoms with Gasteiger partial charge in [0.1, 0.15) is 11.9 Å². The normalized spacial score (nSPS) is 22.9. The summed E-state index contributed by atoms with van der Waals surface area (Å²) in [4.78, 5) is 0. The summed E-state index contributed by atoms with van der Waals surface area (Å²) in [6.45, 7) is 0. The number of ether oxygens (including phenoxy) is 1. The van der Waals surface area contributed by atoms with E-state index in [0.29, 0.717) is 12.8 Å². The number of nitrogens with two attached hydrogens (primary N) is 1. The molecule has 0 spiro atoms. The molecule has 2 N–H and O–H groups in total. The lowest BCUT2D eigenvalue weighted by Gasteiger charge is -2.33. The third-order valence-electron chi connectivity index (χ3n) is 2.69. The van der Waals surface area contributed by atoms with Crippen molar-refractivity contribution in [1.82, 2.24) is 0 Å². The van der Waals surface area contributed by atoms with Crippen LogP contribution in [0.1, 0.15) is 18.4 Å². The van der Waals surface area contributed by atoms with E-state index in [1.165, 1.54) is 12.1 Å². The first kappa shape index (κ1) is 15.4.